The molecule has 0 amide bonds. The van der Waals surface area contributed by atoms with Crippen molar-refractivity contribution >= 4 is 6.08 Å². The van der Waals surface area contributed by atoms with Crippen molar-refractivity contribution in [3.63, 3.8) is 0 Å². The summed E-state index contributed by atoms with van der Waals surface area (Å²) in [7, 11) is 0. The lowest BCUT2D eigenvalue weighted by atomic mass is 9.96. The van der Waals surface area contributed by atoms with Crippen molar-refractivity contribution in [1.82, 2.24) is 0 Å². The number of hydrogen-bond acceptors (Lipinski definition) is 0. The van der Waals surface area contributed by atoms with Gasteiger partial charge in [-0.05, 0) is 17.7 Å². The van der Waals surface area contributed by atoms with E-state index < -0.39 is 40.8 Å². The molecule has 112 valence electrons. The Labute approximate surface area is 106 Å². The van der Waals surface area contributed by atoms with Gasteiger partial charge in [0, 0.05) is 0 Å². The monoisotopic (exact) mass is 308 g/mol. The molecule has 0 atom stereocenters. The maximum Gasteiger partial charge on any atom is 0.417 e. The highest BCUT2D eigenvalue weighted by Crippen LogP contribution is 2.43. The summed E-state index contributed by atoms with van der Waals surface area (Å²) in [6.45, 7) is 2.79. The molecule has 0 unspecified atom stereocenters. The molecule has 0 aliphatic heterocycles. The average Bonchev–Trinajstić information content (AvgIpc) is 2.23. The second-order valence-corrected chi connectivity index (χ2v) is 3.68. The van der Waals surface area contributed by atoms with Gasteiger partial charge in [-0.2, -0.15) is 39.5 Å². The summed E-state index contributed by atoms with van der Waals surface area (Å²) in [4.78, 5) is 0. The van der Waals surface area contributed by atoms with Gasteiger partial charge < -0.3 is 0 Å². The number of hydrogen-bond donors (Lipinski definition) is 0. The van der Waals surface area contributed by atoms with Crippen LogP contribution in [0.15, 0.2) is 18.7 Å². The van der Waals surface area contributed by atoms with Gasteiger partial charge in [-0.15, -0.1) is 0 Å². The second kappa shape index (κ2) is 4.71. The van der Waals surface area contributed by atoms with Crippen LogP contribution in [0.5, 0.6) is 0 Å². The summed E-state index contributed by atoms with van der Waals surface area (Å²) in [5.41, 5.74) is -7.52. The van der Waals surface area contributed by atoms with Gasteiger partial charge in [0.05, 0.1) is 16.7 Å². The van der Waals surface area contributed by atoms with Gasteiger partial charge in [-0.3, -0.25) is 0 Å². The summed E-state index contributed by atoms with van der Waals surface area (Å²) in [5.74, 6) is 0. The highest BCUT2D eigenvalue weighted by atomic mass is 19.4. The van der Waals surface area contributed by atoms with Gasteiger partial charge in [0.1, 0.15) is 0 Å². The first-order chi connectivity index (χ1) is 8.78. The minimum atomic E-state index is -5.37. The molecule has 0 aromatic heterocycles. The summed E-state index contributed by atoms with van der Waals surface area (Å²) in [5, 5.41) is 0. The van der Waals surface area contributed by atoms with Gasteiger partial charge in [0.2, 0.25) is 0 Å². The molecule has 0 radical (unpaired) electrons. The van der Waals surface area contributed by atoms with E-state index in [4.69, 9.17) is 0 Å². The molecule has 0 nitrogen and oxygen atoms in total. The predicted octanol–water partition coefficient (Wildman–Crippen LogP) is 5.39. The van der Waals surface area contributed by atoms with Crippen LogP contribution >= 0.6 is 0 Å². The Morgan fingerprint density at radius 2 is 1.05 bits per heavy atom. The Balaban J connectivity index is 3.80. The van der Waals surface area contributed by atoms with Crippen LogP contribution < -0.4 is 0 Å². The van der Waals surface area contributed by atoms with Gasteiger partial charge in [-0.1, -0.05) is 12.7 Å². The van der Waals surface area contributed by atoms with Crippen LogP contribution in [0.3, 0.4) is 0 Å². The smallest absolute Gasteiger partial charge is 0.166 e. The number of rotatable bonds is 1. The van der Waals surface area contributed by atoms with Crippen LogP contribution in [0.4, 0.5) is 39.5 Å². The molecule has 1 aromatic rings. The fraction of sp³-hybridized carbons (Fsp3) is 0.273. The molecule has 0 aliphatic carbocycles. The average molecular weight is 308 g/mol. The molecule has 0 bridgehead atoms. The zero-order valence-corrected chi connectivity index (χ0v) is 9.34. The van der Waals surface area contributed by atoms with Crippen LogP contribution in [0.2, 0.25) is 0 Å². The topological polar surface area (TPSA) is 0 Å². The Kier molecular flexibility index (Phi) is 3.86. The van der Waals surface area contributed by atoms with Crippen molar-refractivity contribution in [2.75, 3.05) is 0 Å². The van der Waals surface area contributed by atoms with Crippen LogP contribution in [-0.4, -0.2) is 0 Å². The highest BCUT2D eigenvalue weighted by Gasteiger charge is 2.43. The fourth-order valence-electron chi connectivity index (χ4n) is 1.51. The largest absolute Gasteiger partial charge is 0.417 e. The maximum atomic E-state index is 12.6. The van der Waals surface area contributed by atoms with E-state index in [1.807, 2.05) is 0 Å². The van der Waals surface area contributed by atoms with Crippen molar-refractivity contribution in [2.45, 2.75) is 18.5 Å². The molecular weight excluding hydrogens is 303 g/mol. The SMILES string of the molecule is C=Cc1c(C(F)(F)F)cc(C(F)(F)F)cc1C(F)(F)F. The molecule has 0 heterocycles. The molecule has 20 heavy (non-hydrogen) atoms. The van der Waals surface area contributed by atoms with Crippen LogP contribution in [0, 0.1) is 0 Å². The minimum Gasteiger partial charge on any atom is -0.166 e. The Morgan fingerprint density at radius 3 is 1.25 bits per heavy atom. The van der Waals surface area contributed by atoms with Crippen molar-refractivity contribution in [1.29, 1.82) is 0 Å². The van der Waals surface area contributed by atoms with Crippen LogP contribution in [-0.2, 0) is 18.5 Å². The van der Waals surface area contributed by atoms with Gasteiger partial charge in [-0.25, -0.2) is 0 Å². The summed E-state index contributed by atoms with van der Waals surface area (Å²) >= 11 is 0. The summed E-state index contributed by atoms with van der Waals surface area (Å²) in [6.07, 6.45) is -15.8. The molecule has 1 rings (SSSR count). The van der Waals surface area contributed by atoms with Crippen molar-refractivity contribution in [3.8, 4) is 0 Å². The molecule has 9 heteroatoms. The normalized spacial score (nSPS) is 13.4. The molecule has 1 aromatic carbocycles. The Morgan fingerprint density at radius 1 is 0.700 bits per heavy atom. The van der Waals surface area contributed by atoms with E-state index in [2.05, 4.69) is 6.58 Å². The maximum absolute atomic E-state index is 12.6. The Hall–Kier alpha value is -1.67. The zero-order valence-electron chi connectivity index (χ0n) is 9.34. The van der Waals surface area contributed by atoms with E-state index in [1.54, 1.807) is 0 Å². The van der Waals surface area contributed by atoms with Gasteiger partial charge >= 0.3 is 18.5 Å². The van der Waals surface area contributed by atoms with E-state index in [1.165, 1.54) is 0 Å². The van der Waals surface area contributed by atoms with Crippen molar-refractivity contribution < 1.29 is 39.5 Å². The van der Waals surface area contributed by atoms with E-state index in [0.29, 0.717) is 0 Å². The lowest BCUT2D eigenvalue weighted by Gasteiger charge is -2.19. The van der Waals surface area contributed by atoms with Crippen molar-refractivity contribution in [3.05, 3.63) is 41.0 Å². The molecule has 0 fully saturated rings. The molecule has 0 spiro atoms. The van der Waals surface area contributed by atoms with Crippen molar-refractivity contribution in [2.24, 2.45) is 0 Å². The number of halogens is 9. The van der Waals surface area contributed by atoms with Gasteiger partial charge in [0.15, 0.2) is 0 Å². The number of benzene rings is 1. The third-order valence-corrected chi connectivity index (χ3v) is 2.32. The Bertz CT molecular complexity index is 481. The standard InChI is InChI=1S/C11H5F9/c1-2-6-7(10(15,16)17)3-5(9(12,13)14)4-8(6)11(18,19)20/h2-4H,1H2. The van der Waals surface area contributed by atoms with Crippen LogP contribution in [0.1, 0.15) is 22.3 Å². The molecular formula is C11H5F9. The lowest BCUT2D eigenvalue weighted by molar-refractivity contribution is -0.148. The molecule has 0 saturated heterocycles. The molecule has 0 N–H and O–H groups in total. The lowest BCUT2D eigenvalue weighted by Crippen LogP contribution is -2.18. The van der Waals surface area contributed by atoms with E-state index in [-0.39, 0.29) is 18.2 Å². The second-order valence-electron chi connectivity index (χ2n) is 3.68. The third kappa shape index (κ3) is 3.26. The summed E-state index contributed by atoms with van der Waals surface area (Å²) in [6, 6.07) is -0.738. The molecule has 0 aliphatic rings. The van der Waals surface area contributed by atoms with E-state index in [9.17, 15) is 39.5 Å². The molecule has 0 saturated carbocycles. The summed E-state index contributed by atoms with van der Waals surface area (Å²) < 4.78 is 113. The first kappa shape index (κ1) is 16.4. The highest BCUT2D eigenvalue weighted by molar-refractivity contribution is 5.60. The van der Waals surface area contributed by atoms with Gasteiger partial charge in [0.25, 0.3) is 0 Å². The number of alkyl halides is 9. The van der Waals surface area contributed by atoms with Crippen LogP contribution in [0.25, 0.3) is 6.08 Å². The third-order valence-electron chi connectivity index (χ3n) is 2.32. The first-order valence-electron chi connectivity index (χ1n) is 4.80. The minimum absolute atomic E-state index is 0.228. The quantitative estimate of drug-likeness (QED) is 0.611. The van der Waals surface area contributed by atoms with E-state index in [0.717, 1.165) is 0 Å². The van der Waals surface area contributed by atoms with E-state index >= 15 is 0 Å². The fourth-order valence-corrected chi connectivity index (χ4v) is 1.51. The zero-order chi connectivity index (χ0) is 15.9. The first-order valence-corrected chi connectivity index (χ1v) is 4.80. The predicted molar refractivity (Wildman–Crippen MR) is 51.5 cm³/mol.